The summed E-state index contributed by atoms with van der Waals surface area (Å²) in [7, 11) is -4.18. The van der Waals surface area contributed by atoms with Crippen molar-refractivity contribution in [1.29, 1.82) is 0 Å². The highest BCUT2D eigenvalue weighted by Gasteiger charge is 2.32. The van der Waals surface area contributed by atoms with Gasteiger partial charge in [0.05, 0.1) is 27.4 Å². The summed E-state index contributed by atoms with van der Waals surface area (Å²) in [6, 6.07) is 8.07. The monoisotopic (exact) mass is 477 g/mol. The molecule has 0 amide bonds. The third-order valence-corrected chi connectivity index (χ3v) is 6.21. The van der Waals surface area contributed by atoms with Crippen LogP contribution in [0.1, 0.15) is 11.1 Å². The van der Waals surface area contributed by atoms with Gasteiger partial charge in [0.1, 0.15) is 5.02 Å². The summed E-state index contributed by atoms with van der Waals surface area (Å²) in [6.45, 7) is 1.28. The standard InChI is InChI=1S/C18H12Cl2F3N3O3S/c1-10-2-3-11(8-14(10)18(21,22)23)25-30(28,29)13-6-4-12(5-7-13)26-17(27)16(20)15(19)9-24-26/h2-9,25H,1H3. The number of benzene rings is 2. The molecule has 1 aromatic heterocycles. The van der Waals surface area contributed by atoms with Gasteiger partial charge in [-0.05, 0) is 48.9 Å². The van der Waals surface area contributed by atoms with Gasteiger partial charge in [-0.25, -0.2) is 8.42 Å². The summed E-state index contributed by atoms with van der Waals surface area (Å²) in [5.41, 5.74) is -1.69. The first kappa shape index (κ1) is 22.1. The Kier molecular flexibility index (Phi) is 5.85. The molecule has 30 heavy (non-hydrogen) atoms. The maximum absolute atomic E-state index is 13.0. The third-order valence-electron chi connectivity index (χ3n) is 4.06. The summed E-state index contributed by atoms with van der Waals surface area (Å²) in [4.78, 5) is 11.9. The molecule has 3 aromatic rings. The van der Waals surface area contributed by atoms with Gasteiger partial charge in [-0.2, -0.15) is 23.0 Å². The fourth-order valence-corrected chi connectivity index (χ4v) is 3.87. The molecule has 0 atom stereocenters. The molecular formula is C18H12Cl2F3N3O3S. The Morgan fingerprint density at radius 1 is 1.07 bits per heavy atom. The molecule has 12 heteroatoms. The van der Waals surface area contributed by atoms with Crippen molar-refractivity contribution in [1.82, 2.24) is 9.78 Å². The van der Waals surface area contributed by atoms with E-state index in [1.54, 1.807) is 0 Å². The lowest BCUT2D eigenvalue weighted by Crippen LogP contribution is -2.21. The van der Waals surface area contributed by atoms with Gasteiger partial charge in [0.25, 0.3) is 15.6 Å². The molecule has 2 aromatic carbocycles. The number of nitrogens with one attached hydrogen (secondary N) is 1. The van der Waals surface area contributed by atoms with Crippen LogP contribution in [0.3, 0.4) is 0 Å². The zero-order valence-electron chi connectivity index (χ0n) is 15.0. The Hall–Kier alpha value is -2.56. The highest BCUT2D eigenvalue weighted by atomic mass is 35.5. The summed E-state index contributed by atoms with van der Waals surface area (Å²) < 4.78 is 67.3. The molecule has 1 heterocycles. The van der Waals surface area contributed by atoms with Crippen LogP contribution in [-0.2, 0) is 16.2 Å². The van der Waals surface area contributed by atoms with Crippen molar-refractivity contribution in [3.05, 3.63) is 80.2 Å². The quantitative estimate of drug-likeness (QED) is 0.591. The molecular weight excluding hydrogens is 466 g/mol. The summed E-state index contributed by atoms with van der Waals surface area (Å²) in [5, 5.41) is 3.55. The normalized spacial score (nSPS) is 12.1. The lowest BCUT2D eigenvalue weighted by molar-refractivity contribution is -0.138. The molecule has 3 rings (SSSR count). The van der Waals surface area contributed by atoms with E-state index in [9.17, 15) is 26.4 Å². The van der Waals surface area contributed by atoms with Gasteiger partial charge < -0.3 is 0 Å². The van der Waals surface area contributed by atoms with E-state index in [-0.39, 0.29) is 31.9 Å². The smallest absolute Gasteiger partial charge is 0.280 e. The van der Waals surface area contributed by atoms with Crippen LogP contribution in [0, 0.1) is 6.92 Å². The maximum Gasteiger partial charge on any atom is 0.416 e. The zero-order valence-corrected chi connectivity index (χ0v) is 17.4. The SMILES string of the molecule is Cc1ccc(NS(=O)(=O)c2ccc(-n3ncc(Cl)c(Cl)c3=O)cc2)cc1C(F)(F)F. The first-order valence-electron chi connectivity index (χ1n) is 8.14. The number of anilines is 1. The molecule has 0 aliphatic rings. The van der Waals surface area contributed by atoms with Crippen LogP contribution in [0.4, 0.5) is 18.9 Å². The van der Waals surface area contributed by atoms with Gasteiger partial charge in [-0.15, -0.1) is 0 Å². The molecule has 0 saturated carbocycles. The van der Waals surface area contributed by atoms with E-state index in [2.05, 4.69) is 9.82 Å². The van der Waals surface area contributed by atoms with Crippen molar-refractivity contribution >= 4 is 38.9 Å². The molecule has 0 radical (unpaired) electrons. The van der Waals surface area contributed by atoms with Crippen LogP contribution < -0.4 is 10.3 Å². The van der Waals surface area contributed by atoms with Crippen molar-refractivity contribution < 1.29 is 21.6 Å². The van der Waals surface area contributed by atoms with Gasteiger partial charge >= 0.3 is 6.18 Å². The van der Waals surface area contributed by atoms with Crippen LogP contribution in [0.15, 0.2) is 58.4 Å². The van der Waals surface area contributed by atoms with Crippen molar-refractivity contribution in [2.75, 3.05) is 4.72 Å². The average Bonchev–Trinajstić information content (AvgIpc) is 2.67. The predicted octanol–water partition coefficient (Wildman–Crippen LogP) is 4.67. The second-order valence-corrected chi connectivity index (χ2v) is 8.62. The van der Waals surface area contributed by atoms with Crippen molar-refractivity contribution in [2.45, 2.75) is 18.0 Å². The van der Waals surface area contributed by atoms with Gasteiger partial charge in [-0.3, -0.25) is 9.52 Å². The first-order chi connectivity index (χ1) is 13.9. The van der Waals surface area contributed by atoms with Gasteiger partial charge in [0, 0.05) is 5.69 Å². The Labute approximate surface area is 178 Å². The van der Waals surface area contributed by atoms with Crippen LogP contribution in [0.25, 0.3) is 5.69 Å². The van der Waals surface area contributed by atoms with E-state index < -0.39 is 27.3 Å². The molecule has 0 saturated heterocycles. The molecule has 0 aliphatic heterocycles. The third kappa shape index (κ3) is 4.45. The fourth-order valence-electron chi connectivity index (χ4n) is 2.57. The predicted molar refractivity (Wildman–Crippen MR) is 107 cm³/mol. The van der Waals surface area contributed by atoms with Crippen molar-refractivity contribution in [3.8, 4) is 5.69 Å². The molecule has 0 aliphatic carbocycles. The highest BCUT2D eigenvalue weighted by Crippen LogP contribution is 2.34. The number of hydrogen-bond acceptors (Lipinski definition) is 4. The summed E-state index contributed by atoms with van der Waals surface area (Å²) in [6.07, 6.45) is -3.46. The number of halogens is 5. The molecule has 0 unspecified atom stereocenters. The number of nitrogens with zero attached hydrogens (tertiary/aromatic N) is 2. The molecule has 0 fully saturated rings. The lowest BCUT2D eigenvalue weighted by Gasteiger charge is -2.14. The van der Waals surface area contributed by atoms with Crippen molar-refractivity contribution in [2.24, 2.45) is 0 Å². The topological polar surface area (TPSA) is 81.1 Å². The second kappa shape index (κ2) is 7.93. The summed E-state index contributed by atoms with van der Waals surface area (Å²) in [5.74, 6) is 0. The van der Waals surface area contributed by atoms with E-state index in [0.717, 1.165) is 16.9 Å². The Morgan fingerprint density at radius 2 is 1.70 bits per heavy atom. The fraction of sp³-hybridized carbons (Fsp3) is 0.111. The molecule has 6 nitrogen and oxygen atoms in total. The van der Waals surface area contributed by atoms with Crippen LogP contribution in [0.5, 0.6) is 0 Å². The Bertz CT molecular complexity index is 1270. The number of alkyl halides is 3. The van der Waals surface area contributed by atoms with E-state index in [1.165, 1.54) is 43.3 Å². The van der Waals surface area contributed by atoms with E-state index in [4.69, 9.17) is 23.2 Å². The number of hydrogen-bond donors (Lipinski definition) is 1. The molecule has 158 valence electrons. The van der Waals surface area contributed by atoms with E-state index in [0.29, 0.717) is 0 Å². The van der Waals surface area contributed by atoms with E-state index in [1.807, 2.05) is 0 Å². The van der Waals surface area contributed by atoms with Gasteiger partial charge in [-0.1, -0.05) is 29.3 Å². The largest absolute Gasteiger partial charge is 0.416 e. The Balaban J connectivity index is 1.92. The number of sulfonamides is 1. The van der Waals surface area contributed by atoms with Gasteiger partial charge in [0.15, 0.2) is 0 Å². The minimum atomic E-state index is -4.62. The highest BCUT2D eigenvalue weighted by molar-refractivity contribution is 7.92. The number of aromatic nitrogens is 2. The maximum atomic E-state index is 13.0. The first-order valence-corrected chi connectivity index (χ1v) is 10.4. The van der Waals surface area contributed by atoms with Crippen molar-refractivity contribution in [3.63, 3.8) is 0 Å². The Morgan fingerprint density at radius 3 is 2.30 bits per heavy atom. The molecule has 0 bridgehead atoms. The minimum Gasteiger partial charge on any atom is -0.280 e. The molecule has 0 spiro atoms. The molecule has 1 N–H and O–H groups in total. The second-order valence-electron chi connectivity index (χ2n) is 6.15. The van der Waals surface area contributed by atoms with Gasteiger partial charge in [0.2, 0.25) is 0 Å². The lowest BCUT2D eigenvalue weighted by atomic mass is 10.1. The minimum absolute atomic E-state index is 0.0300. The summed E-state index contributed by atoms with van der Waals surface area (Å²) >= 11 is 11.5. The van der Waals surface area contributed by atoms with Crippen LogP contribution in [0.2, 0.25) is 10.0 Å². The zero-order chi connectivity index (χ0) is 22.3. The average molecular weight is 478 g/mol. The number of aryl methyl sites for hydroxylation is 1. The number of rotatable bonds is 4. The van der Waals surface area contributed by atoms with E-state index >= 15 is 0 Å². The van der Waals surface area contributed by atoms with Crippen LogP contribution >= 0.6 is 23.2 Å². The van der Waals surface area contributed by atoms with Crippen LogP contribution in [-0.4, -0.2) is 18.2 Å².